The summed E-state index contributed by atoms with van der Waals surface area (Å²) in [6.07, 6.45) is 5.21. The Morgan fingerprint density at radius 2 is 1.63 bits per heavy atom. The number of fused-ring (bicyclic) bond motifs is 5. The fourth-order valence-electron chi connectivity index (χ4n) is 4.31. The Labute approximate surface area is 178 Å². The highest BCUT2D eigenvalue weighted by atomic mass is 127. The number of nitrogens with one attached hydrogen (secondary N) is 3. The van der Waals surface area contributed by atoms with Gasteiger partial charge in [-0.3, -0.25) is 19.5 Å². The number of hydrogen-bond acceptors (Lipinski definition) is 4. The van der Waals surface area contributed by atoms with Crippen LogP contribution in [0.15, 0.2) is 17.1 Å². The van der Waals surface area contributed by atoms with E-state index in [1.165, 1.54) is 4.90 Å². The summed E-state index contributed by atoms with van der Waals surface area (Å²) >= 11 is 0. The van der Waals surface area contributed by atoms with Gasteiger partial charge in [0.2, 0.25) is 11.8 Å². The van der Waals surface area contributed by atoms with Crippen molar-refractivity contribution in [2.24, 2.45) is 28.7 Å². The first-order valence-electron chi connectivity index (χ1n) is 9.55. The van der Waals surface area contributed by atoms with Crippen LogP contribution in [0.2, 0.25) is 0 Å². The number of guanidine groups is 1. The maximum absolute atomic E-state index is 12.6. The number of allylic oxidation sites excluding steroid dienone is 2. The quantitative estimate of drug-likeness (QED) is 0.129. The van der Waals surface area contributed by atoms with Gasteiger partial charge in [-0.1, -0.05) is 12.2 Å². The number of nitrogens with zero attached hydrogens (tertiary/aromatic N) is 2. The van der Waals surface area contributed by atoms with Crippen LogP contribution in [0.1, 0.15) is 27.2 Å². The predicted octanol–water partition coefficient (Wildman–Crippen LogP) is 0.965. The number of likely N-dealkylation sites (tertiary alicyclic amines) is 1. The fourth-order valence-corrected chi connectivity index (χ4v) is 4.31. The zero-order valence-corrected chi connectivity index (χ0v) is 18.9. The van der Waals surface area contributed by atoms with Crippen LogP contribution in [-0.4, -0.2) is 61.4 Å². The minimum atomic E-state index is -0.113. The minimum absolute atomic E-state index is 0. The van der Waals surface area contributed by atoms with Crippen LogP contribution < -0.4 is 16.0 Å². The highest BCUT2D eigenvalue weighted by molar-refractivity contribution is 14.0. The third kappa shape index (κ3) is 4.82. The van der Waals surface area contributed by atoms with Crippen LogP contribution in [0.25, 0.3) is 0 Å². The third-order valence-electron chi connectivity index (χ3n) is 5.49. The van der Waals surface area contributed by atoms with Gasteiger partial charge in [-0.2, -0.15) is 0 Å². The van der Waals surface area contributed by atoms with Gasteiger partial charge in [-0.05, 0) is 39.0 Å². The van der Waals surface area contributed by atoms with Gasteiger partial charge in [0, 0.05) is 38.8 Å². The van der Waals surface area contributed by atoms with Crippen LogP contribution >= 0.6 is 24.0 Å². The second-order valence-corrected chi connectivity index (χ2v) is 8.43. The summed E-state index contributed by atoms with van der Waals surface area (Å²) in [6.45, 7) is 8.85. The lowest BCUT2D eigenvalue weighted by molar-refractivity contribution is -0.140. The molecule has 0 aromatic heterocycles. The zero-order valence-electron chi connectivity index (χ0n) is 16.6. The van der Waals surface area contributed by atoms with Crippen molar-refractivity contribution in [3.8, 4) is 0 Å². The number of amides is 2. The Hall–Kier alpha value is -1.16. The summed E-state index contributed by atoms with van der Waals surface area (Å²) in [4.78, 5) is 30.9. The second kappa shape index (κ2) is 8.89. The first kappa shape index (κ1) is 22.1. The fraction of sp³-hybridized carbons (Fsp3) is 0.737. The molecule has 1 saturated heterocycles. The highest BCUT2D eigenvalue weighted by Gasteiger charge is 2.58. The number of aliphatic imine (C=N–C) groups is 1. The van der Waals surface area contributed by atoms with Gasteiger partial charge in [-0.15, -0.1) is 24.0 Å². The molecule has 3 rings (SSSR count). The van der Waals surface area contributed by atoms with Crippen molar-refractivity contribution in [3.05, 3.63) is 12.2 Å². The van der Waals surface area contributed by atoms with E-state index < -0.39 is 0 Å². The van der Waals surface area contributed by atoms with Crippen LogP contribution in [-0.2, 0) is 9.59 Å². The van der Waals surface area contributed by atoms with E-state index in [0.717, 1.165) is 19.5 Å². The standard InChI is InChI=1S/C19H31N5O2.HI/c1-19(2,3)23-8-7-21-18(20-4)22-9-10-24-16(25)14-12-5-6-13(11-12)15(14)17(24)26;/h5-6,12-15,23H,7-11H2,1-4H3,(H2,20,21,22);1H. The normalized spacial score (nSPS) is 29.2. The van der Waals surface area contributed by atoms with E-state index in [2.05, 4.69) is 53.9 Å². The molecule has 2 amide bonds. The molecular weight excluding hydrogens is 457 g/mol. The van der Waals surface area contributed by atoms with E-state index in [0.29, 0.717) is 19.0 Å². The summed E-state index contributed by atoms with van der Waals surface area (Å²) in [5.41, 5.74) is 0.0848. The topological polar surface area (TPSA) is 85.8 Å². The summed E-state index contributed by atoms with van der Waals surface area (Å²) in [7, 11) is 1.71. The molecule has 8 heteroatoms. The van der Waals surface area contributed by atoms with Gasteiger partial charge in [0.05, 0.1) is 11.8 Å². The molecule has 1 heterocycles. The van der Waals surface area contributed by atoms with Crippen molar-refractivity contribution in [1.82, 2.24) is 20.9 Å². The maximum Gasteiger partial charge on any atom is 0.233 e. The van der Waals surface area contributed by atoms with E-state index >= 15 is 0 Å². The van der Waals surface area contributed by atoms with Crippen molar-refractivity contribution in [2.75, 3.05) is 33.2 Å². The molecule has 4 atom stereocenters. The molecule has 0 aromatic carbocycles. The zero-order chi connectivity index (χ0) is 18.9. The number of imide groups is 1. The second-order valence-electron chi connectivity index (χ2n) is 8.43. The molecule has 1 saturated carbocycles. The lowest BCUT2D eigenvalue weighted by Crippen LogP contribution is -2.46. The molecule has 27 heavy (non-hydrogen) atoms. The number of carbonyl (C=O) groups is 2. The number of hydrogen-bond donors (Lipinski definition) is 3. The molecule has 2 bridgehead atoms. The largest absolute Gasteiger partial charge is 0.355 e. The van der Waals surface area contributed by atoms with Gasteiger partial charge in [0.1, 0.15) is 0 Å². The molecule has 2 fully saturated rings. The van der Waals surface area contributed by atoms with Gasteiger partial charge >= 0.3 is 0 Å². The van der Waals surface area contributed by atoms with E-state index in [4.69, 9.17) is 0 Å². The average molecular weight is 489 g/mol. The highest BCUT2D eigenvalue weighted by Crippen LogP contribution is 2.52. The monoisotopic (exact) mass is 489 g/mol. The molecule has 0 aromatic rings. The van der Waals surface area contributed by atoms with Crippen LogP contribution in [0.4, 0.5) is 0 Å². The van der Waals surface area contributed by atoms with Gasteiger partial charge < -0.3 is 16.0 Å². The summed E-state index contributed by atoms with van der Waals surface area (Å²) in [5.74, 6) is 1.01. The summed E-state index contributed by atoms with van der Waals surface area (Å²) in [5, 5.41) is 9.82. The number of carbonyl (C=O) groups excluding carboxylic acids is 2. The van der Waals surface area contributed by atoms with Crippen molar-refractivity contribution >= 4 is 41.8 Å². The Morgan fingerprint density at radius 3 is 2.15 bits per heavy atom. The van der Waals surface area contributed by atoms with Crippen molar-refractivity contribution in [2.45, 2.75) is 32.7 Å². The average Bonchev–Trinajstić information content (AvgIpc) is 3.25. The van der Waals surface area contributed by atoms with E-state index in [-0.39, 0.29) is 65.0 Å². The van der Waals surface area contributed by atoms with Gasteiger partial charge in [0.25, 0.3) is 0 Å². The van der Waals surface area contributed by atoms with Crippen molar-refractivity contribution in [1.29, 1.82) is 0 Å². The van der Waals surface area contributed by atoms with Crippen molar-refractivity contribution < 1.29 is 9.59 Å². The van der Waals surface area contributed by atoms with Gasteiger partial charge in [-0.25, -0.2) is 0 Å². The molecule has 7 nitrogen and oxygen atoms in total. The van der Waals surface area contributed by atoms with E-state index in [1.54, 1.807) is 7.05 Å². The molecule has 3 aliphatic rings. The molecule has 4 unspecified atom stereocenters. The maximum atomic E-state index is 12.6. The van der Waals surface area contributed by atoms with Crippen molar-refractivity contribution in [3.63, 3.8) is 0 Å². The van der Waals surface area contributed by atoms with E-state index in [1.807, 2.05) is 0 Å². The Bertz CT molecular complexity index is 598. The third-order valence-corrected chi connectivity index (χ3v) is 5.49. The molecule has 2 aliphatic carbocycles. The lowest BCUT2D eigenvalue weighted by atomic mass is 9.85. The first-order valence-corrected chi connectivity index (χ1v) is 9.55. The molecule has 152 valence electrons. The SMILES string of the molecule is CN=C(NCCNC(C)(C)C)NCCN1C(=O)C2C3C=CC(C3)C2C1=O.I. The Kier molecular flexibility index (Phi) is 7.29. The summed E-state index contributed by atoms with van der Waals surface area (Å²) < 4.78 is 0. The molecular formula is C19H32IN5O2. The Morgan fingerprint density at radius 1 is 1.07 bits per heavy atom. The van der Waals surface area contributed by atoms with Crippen LogP contribution in [0, 0.1) is 23.7 Å². The van der Waals surface area contributed by atoms with Crippen LogP contribution in [0.5, 0.6) is 0 Å². The number of rotatable bonds is 6. The molecule has 1 aliphatic heterocycles. The first-order chi connectivity index (χ1) is 12.3. The van der Waals surface area contributed by atoms with Crippen LogP contribution in [0.3, 0.4) is 0 Å². The summed E-state index contributed by atoms with van der Waals surface area (Å²) in [6, 6.07) is 0. The molecule has 0 radical (unpaired) electrons. The number of halogens is 1. The molecule has 0 spiro atoms. The Balaban J connectivity index is 0.00000261. The van der Waals surface area contributed by atoms with E-state index in [9.17, 15) is 9.59 Å². The minimum Gasteiger partial charge on any atom is -0.355 e. The smallest absolute Gasteiger partial charge is 0.233 e. The molecule has 3 N–H and O–H groups in total. The lowest BCUT2D eigenvalue weighted by Gasteiger charge is -2.21. The van der Waals surface area contributed by atoms with Gasteiger partial charge in [0.15, 0.2) is 5.96 Å². The predicted molar refractivity (Wildman–Crippen MR) is 117 cm³/mol.